The van der Waals surface area contributed by atoms with E-state index < -0.39 is 5.97 Å². The molecule has 4 heteroatoms. The third-order valence-electron chi connectivity index (χ3n) is 4.06. The summed E-state index contributed by atoms with van der Waals surface area (Å²) in [6.45, 7) is 4.26. The Kier molecular flexibility index (Phi) is 4.14. The summed E-state index contributed by atoms with van der Waals surface area (Å²) >= 11 is 5.95. The number of carboxylic acid groups (broad SMARTS) is 1. The SMILES string of the molecule is CC(C)c1ccc2[nH]c(-c3ccc(Cl)cc3)c(CC(=O)O)c2c1. The van der Waals surface area contributed by atoms with Crippen molar-refractivity contribution in [2.45, 2.75) is 26.2 Å². The second-order valence-electron chi connectivity index (χ2n) is 6.02. The zero-order valence-corrected chi connectivity index (χ0v) is 13.8. The normalized spacial score (nSPS) is 11.3. The molecule has 0 spiro atoms. The number of hydrogen-bond acceptors (Lipinski definition) is 1. The van der Waals surface area contributed by atoms with Crippen LogP contribution < -0.4 is 0 Å². The number of hydrogen-bond donors (Lipinski definition) is 2. The smallest absolute Gasteiger partial charge is 0.307 e. The second kappa shape index (κ2) is 6.09. The van der Waals surface area contributed by atoms with E-state index in [1.807, 2.05) is 30.3 Å². The molecule has 0 unspecified atom stereocenters. The van der Waals surface area contributed by atoms with Gasteiger partial charge in [0.05, 0.1) is 12.1 Å². The summed E-state index contributed by atoms with van der Waals surface area (Å²) < 4.78 is 0. The maximum Gasteiger partial charge on any atom is 0.307 e. The van der Waals surface area contributed by atoms with Gasteiger partial charge in [-0.2, -0.15) is 0 Å². The van der Waals surface area contributed by atoms with E-state index in [1.54, 1.807) is 0 Å². The number of aromatic nitrogens is 1. The highest BCUT2D eigenvalue weighted by Gasteiger charge is 2.16. The van der Waals surface area contributed by atoms with Crippen molar-refractivity contribution in [2.24, 2.45) is 0 Å². The van der Waals surface area contributed by atoms with Gasteiger partial charge in [0.25, 0.3) is 0 Å². The predicted octanol–water partition coefficient (Wildman–Crippen LogP) is 5.24. The fraction of sp³-hybridized carbons (Fsp3) is 0.211. The molecule has 2 N–H and O–H groups in total. The standard InChI is InChI=1S/C19H18ClNO2/c1-11(2)13-5-8-17-15(9-13)16(10-18(22)23)19(21-17)12-3-6-14(20)7-4-12/h3-9,11,21H,10H2,1-2H3,(H,22,23). The first-order chi connectivity index (χ1) is 11.0. The first-order valence-electron chi connectivity index (χ1n) is 7.58. The molecule has 2 aromatic carbocycles. The molecule has 0 fully saturated rings. The van der Waals surface area contributed by atoms with Gasteiger partial charge < -0.3 is 10.1 Å². The number of H-pyrrole nitrogens is 1. The number of benzene rings is 2. The molecule has 0 saturated carbocycles. The van der Waals surface area contributed by atoms with Crippen molar-refractivity contribution in [3.05, 3.63) is 58.6 Å². The molecule has 0 saturated heterocycles. The predicted molar refractivity (Wildman–Crippen MR) is 94.2 cm³/mol. The number of aliphatic carboxylic acids is 1. The summed E-state index contributed by atoms with van der Waals surface area (Å²) in [5.74, 6) is -0.443. The van der Waals surface area contributed by atoms with Gasteiger partial charge in [0.1, 0.15) is 0 Å². The van der Waals surface area contributed by atoms with Crippen LogP contribution in [-0.4, -0.2) is 16.1 Å². The molecule has 118 valence electrons. The quantitative estimate of drug-likeness (QED) is 0.688. The van der Waals surface area contributed by atoms with Crippen LogP contribution in [0.15, 0.2) is 42.5 Å². The number of halogens is 1. The fourth-order valence-electron chi connectivity index (χ4n) is 2.82. The number of fused-ring (bicyclic) bond motifs is 1. The van der Waals surface area contributed by atoms with Gasteiger partial charge in [-0.1, -0.05) is 43.6 Å². The molecule has 23 heavy (non-hydrogen) atoms. The Bertz CT molecular complexity index is 863. The first kappa shape index (κ1) is 15.6. The lowest BCUT2D eigenvalue weighted by atomic mass is 9.98. The van der Waals surface area contributed by atoms with E-state index in [0.717, 1.165) is 27.7 Å². The zero-order valence-electron chi connectivity index (χ0n) is 13.1. The molecule has 1 heterocycles. The third kappa shape index (κ3) is 3.10. The van der Waals surface area contributed by atoms with E-state index in [2.05, 4.69) is 31.0 Å². The Balaban J connectivity index is 2.23. The molecular formula is C19H18ClNO2. The summed E-state index contributed by atoms with van der Waals surface area (Å²) in [7, 11) is 0. The van der Waals surface area contributed by atoms with Crippen LogP contribution in [0.1, 0.15) is 30.9 Å². The third-order valence-corrected chi connectivity index (χ3v) is 4.31. The van der Waals surface area contributed by atoms with Crippen LogP contribution in [0, 0.1) is 0 Å². The minimum Gasteiger partial charge on any atom is -0.481 e. The van der Waals surface area contributed by atoms with Crippen LogP contribution in [-0.2, 0) is 11.2 Å². The molecule has 1 aromatic heterocycles. The van der Waals surface area contributed by atoms with Crippen LogP contribution in [0.25, 0.3) is 22.2 Å². The van der Waals surface area contributed by atoms with Gasteiger partial charge in [-0.3, -0.25) is 4.79 Å². The Morgan fingerprint density at radius 2 is 1.87 bits per heavy atom. The van der Waals surface area contributed by atoms with Crippen molar-refractivity contribution in [3.8, 4) is 11.3 Å². The van der Waals surface area contributed by atoms with Crippen LogP contribution in [0.3, 0.4) is 0 Å². The second-order valence-corrected chi connectivity index (χ2v) is 6.45. The van der Waals surface area contributed by atoms with Crippen LogP contribution in [0.4, 0.5) is 0 Å². The van der Waals surface area contributed by atoms with Gasteiger partial charge in [0.15, 0.2) is 0 Å². The summed E-state index contributed by atoms with van der Waals surface area (Å²) in [5.41, 5.74) is 4.76. The summed E-state index contributed by atoms with van der Waals surface area (Å²) in [6, 6.07) is 13.6. The molecule has 0 bridgehead atoms. The van der Waals surface area contributed by atoms with E-state index >= 15 is 0 Å². The van der Waals surface area contributed by atoms with Gasteiger partial charge in [0.2, 0.25) is 0 Å². The zero-order chi connectivity index (χ0) is 16.6. The van der Waals surface area contributed by atoms with Crippen molar-refractivity contribution < 1.29 is 9.90 Å². The summed E-state index contributed by atoms with van der Waals surface area (Å²) in [4.78, 5) is 14.7. The molecule has 3 rings (SSSR count). The highest BCUT2D eigenvalue weighted by molar-refractivity contribution is 6.30. The Hall–Kier alpha value is -2.26. The molecule has 3 nitrogen and oxygen atoms in total. The van der Waals surface area contributed by atoms with Gasteiger partial charge in [-0.15, -0.1) is 0 Å². The Morgan fingerprint density at radius 3 is 2.48 bits per heavy atom. The summed E-state index contributed by atoms with van der Waals surface area (Å²) in [5, 5.41) is 10.9. The highest BCUT2D eigenvalue weighted by atomic mass is 35.5. The van der Waals surface area contributed by atoms with E-state index in [4.69, 9.17) is 11.6 Å². The Labute approximate surface area is 139 Å². The molecular weight excluding hydrogens is 310 g/mol. The van der Waals surface area contributed by atoms with Crippen molar-refractivity contribution in [2.75, 3.05) is 0 Å². The molecule has 0 aliphatic rings. The number of aromatic amines is 1. The molecule has 0 aliphatic carbocycles. The van der Waals surface area contributed by atoms with Crippen LogP contribution in [0.5, 0.6) is 0 Å². The van der Waals surface area contributed by atoms with Crippen molar-refractivity contribution in [3.63, 3.8) is 0 Å². The molecule has 0 atom stereocenters. The van der Waals surface area contributed by atoms with E-state index in [-0.39, 0.29) is 6.42 Å². The average Bonchev–Trinajstić information content (AvgIpc) is 2.85. The van der Waals surface area contributed by atoms with E-state index in [1.165, 1.54) is 5.56 Å². The van der Waals surface area contributed by atoms with Gasteiger partial charge in [0, 0.05) is 15.9 Å². The molecule has 0 aliphatic heterocycles. The summed E-state index contributed by atoms with van der Waals surface area (Å²) in [6.07, 6.45) is -0.0144. The van der Waals surface area contributed by atoms with Crippen molar-refractivity contribution in [1.29, 1.82) is 0 Å². The fourth-order valence-corrected chi connectivity index (χ4v) is 2.95. The van der Waals surface area contributed by atoms with Gasteiger partial charge in [-0.05, 0) is 46.9 Å². The van der Waals surface area contributed by atoms with Crippen LogP contribution in [0.2, 0.25) is 5.02 Å². The van der Waals surface area contributed by atoms with Crippen molar-refractivity contribution in [1.82, 2.24) is 4.98 Å². The number of carboxylic acids is 1. The largest absolute Gasteiger partial charge is 0.481 e. The molecule has 0 radical (unpaired) electrons. The Morgan fingerprint density at radius 1 is 1.17 bits per heavy atom. The average molecular weight is 328 g/mol. The lowest BCUT2D eigenvalue weighted by molar-refractivity contribution is -0.136. The highest BCUT2D eigenvalue weighted by Crippen LogP contribution is 2.33. The number of carbonyl (C=O) groups is 1. The van der Waals surface area contributed by atoms with Gasteiger partial charge >= 0.3 is 5.97 Å². The van der Waals surface area contributed by atoms with Gasteiger partial charge in [-0.25, -0.2) is 0 Å². The molecule has 0 amide bonds. The lowest BCUT2D eigenvalue weighted by Gasteiger charge is -2.06. The van der Waals surface area contributed by atoms with Crippen LogP contribution >= 0.6 is 11.6 Å². The maximum absolute atomic E-state index is 11.3. The van der Waals surface area contributed by atoms with Crippen molar-refractivity contribution >= 4 is 28.5 Å². The minimum absolute atomic E-state index is 0.0144. The minimum atomic E-state index is -0.837. The molecule has 3 aromatic rings. The monoisotopic (exact) mass is 327 g/mol. The first-order valence-corrected chi connectivity index (χ1v) is 7.95. The number of nitrogens with one attached hydrogen (secondary N) is 1. The number of rotatable bonds is 4. The maximum atomic E-state index is 11.3. The lowest BCUT2D eigenvalue weighted by Crippen LogP contribution is -2.01. The van der Waals surface area contributed by atoms with E-state index in [0.29, 0.717) is 10.9 Å². The topological polar surface area (TPSA) is 53.1 Å². The van der Waals surface area contributed by atoms with E-state index in [9.17, 15) is 9.90 Å².